The van der Waals surface area contributed by atoms with E-state index in [-0.39, 0.29) is 0 Å². The molecule has 0 saturated heterocycles. The minimum Gasteiger partial charge on any atom is -0.370 e. The Morgan fingerprint density at radius 1 is 1.78 bits per heavy atom. The van der Waals surface area contributed by atoms with E-state index in [0.29, 0.717) is 5.96 Å². The SMILES string of the molecule is CN=C(N)NCCCS. The molecule has 0 spiro atoms. The Labute approximate surface area is 61.1 Å². The van der Waals surface area contributed by atoms with Gasteiger partial charge in [0.25, 0.3) is 0 Å². The minimum atomic E-state index is 0.497. The number of nitrogens with zero attached hydrogens (tertiary/aromatic N) is 1. The first-order valence-corrected chi connectivity index (χ1v) is 3.51. The van der Waals surface area contributed by atoms with Crippen molar-refractivity contribution in [1.82, 2.24) is 5.32 Å². The largest absolute Gasteiger partial charge is 0.370 e. The number of aliphatic imine (C=N–C) groups is 1. The Kier molecular flexibility index (Phi) is 5.51. The number of hydrogen-bond donors (Lipinski definition) is 3. The summed E-state index contributed by atoms with van der Waals surface area (Å²) in [6, 6.07) is 0. The average molecular weight is 147 g/mol. The molecule has 0 aromatic rings. The van der Waals surface area contributed by atoms with Gasteiger partial charge in [0.15, 0.2) is 5.96 Å². The lowest BCUT2D eigenvalue weighted by atomic mass is 10.5. The summed E-state index contributed by atoms with van der Waals surface area (Å²) < 4.78 is 0. The monoisotopic (exact) mass is 147 g/mol. The van der Waals surface area contributed by atoms with Crippen molar-refractivity contribution >= 4 is 18.6 Å². The van der Waals surface area contributed by atoms with Crippen molar-refractivity contribution in [3.05, 3.63) is 0 Å². The molecule has 0 aliphatic carbocycles. The highest BCUT2D eigenvalue weighted by Gasteiger charge is 1.85. The van der Waals surface area contributed by atoms with E-state index in [2.05, 4.69) is 22.9 Å². The third kappa shape index (κ3) is 5.49. The molecule has 9 heavy (non-hydrogen) atoms. The van der Waals surface area contributed by atoms with Crippen LogP contribution in [-0.4, -0.2) is 25.3 Å². The zero-order valence-corrected chi connectivity index (χ0v) is 6.49. The van der Waals surface area contributed by atoms with Gasteiger partial charge >= 0.3 is 0 Å². The van der Waals surface area contributed by atoms with Gasteiger partial charge in [0.1, 0.15) is 0 Å². The van der Waals surface area contributed by atoms with Gasteiger partial charge < -0.3 is 11.1 Å². The summed E-state index contributed by atoms with van der Waals surface area (Å²) in [6.07, 6.45) is 1.01. The summed E-state index contributed by atoms with van der Waals surface area (Å²) in [6.45, 7) is 0.854. The molecule has 0 aliphatic heterocycles. The second kappa shape index (κ2) is 5.75. The third-order valence-electron chi connectivity index (χ3n) is 0.882. The Hall–Kier alpha value is -0.380. The lowest BCUT2D eigenvalue weighted by molar-refractivity contribution is 0.841. The van der Waals surface area contributed by atoms with Gasteiger partial charge in [-0.1, -0.05) is 0 Å². The van der Waals surface area contributed by atoms with E-state index in [1.165, 1.54) is 0 Å². The molecule has 0 aromatic carbocycles. The zero-order valence-electron chi connectivity index (χ0n) is 5.59. The molecule has 0 amide bonds. The molecule has 0 aromatic heterocycles. The molecule has 0 atom stereocenters. The van der Waals surface area contributed by atoms with Crippen LogP contribution in [0.3, 0.4) is 0 Å². The number of rotatable bonds is 3. The topological polar surface area (TPSA) is 50.4 Å². The molecule has 0 saturated carbocycles. The second-order valence-electron chi connectivity index (χ2n) is 1.61. The first kappa shape index (κ1) is 8.62. The van der Waals surface area contributed by atoms with Crippen LogP contribution < -0.4 is 11.1 Å². The maximum atomic E-state index is 5.33. The third-order valence-corrected chi connectivity index (χ3v) is 1.20. The molecule has 0 aliphatic rings. The normalized spacial score (nSPS) is 11.6. The first-order chi connectivity index (χ1) is 4.31. The second-order valence-corrected chi connectivity index (χ2v) is 2.06. The highest BCUT2D eigenvalue weighted by molar-refractivity contribution is 7.80. The highest BCUT2D eigenvalue weighted by atomic mass is 32.1. The standard InChI is InChI=1S/C5H13N3S/c1-7-5(6)8-3-2-4-9/h9H,2-4H2,1H3,(H3,6,7,8). The van der Waals surface area contributed by atoms with Crippen LogP contribution in [0.4, 0.5) is 0 Å². The van der Waals surface area contributed by atoms with E-state index in [1.54, 1.807) is 7.05 Å². The molecule has 3 N–H and O–H groups in total. The van der Waals surface area contributed by atoms with Gasteiger partial charge in [0.05, 0.1) is 0 Å². The summed E-state index contributed by atoms with van der Waals surface area (Å²) in [5.74, 6) is 1.38. The van der Waals surface area contributed by atoms with Crippen molar-refractivity contribution < 1.29 is 0 Å². The van der Waals surface area contributed by atoms with E-state index < -0.39 is 0 Å². The predicted molar refractivity (Wildman–Crippen MR) is 44.0 cm³/mol. The van der Waals surface area contributed by atoms with Crippen LogP contribution in [-0.2, 0) is 0 Å². The lowest BCUT2D eigenvalue weighted by Crippen LogP contribution is -2.32. The Morgan fingerprint density at radius 3 is 2.89 bits per heavy atom. The van der Waals surface area contributed by atoms with Crippen LogP contribution in [0.5, 0.6) is 0 Å². The maximum Gasteiger partial charge on any atom is 0.188 e. The van der Waals surface area contributed by atoms with Gasteiger partial charge in [-0.15, -0.1) is 0 Å². The lowest BCUT2D eigenvalue weighted by Gasteiger charge is -2.00. The number of guanidine groups is 1. The van der Waals surface area contributed by atoms with Gasteiger partial charge in [-0.05, 0) is 12.2 Å². The summed E-state index contributed by atoms with van der Waals surface area (Å²) in [7, 11) is 1.66. The van der Waals surface area contributed by atoms with Crippen LogP contribution in [0.25, 0.3) is 0 Å². The van der Waals surface area contributed by atoms with Gasteiger partial charge in [0.2, 0.25) is 0 Å². The molecule has 0 unspecified atom stereocenters. The average Bonchev–Trinajstić information content (AvgIpc) is 1.89. The van der Waals surface area contributed by atoms with Crippen molar-refractivity contribution in [1.29, 1.82) is 0 Å². The van der Waals surface area contributed by atoms with Crippen LogP contribution in [0.1, 0.15) is 6.42 Å². The number of hydrogen-bond acceptors (Lipinski definition) is 2. The van der Waals surface area contributed by atoms with Crippen molar-refractivity contribution in [2.45, 2.75) is 6.42 Å². The zero-order chi connectivity index (χ0) is 7.11. The fourth-order valence-corrected chi connectivity index (χ4v) is 0.533. The Bertz CT molecular complexity index is 92.2. The molecule has 0 radical (unpaired) electrons. The van der Waals surface area contributed by atoms with Gasteiger partial charge in [-0.2, -0.15) is 12.6 Å². The molecule has 0 fully saturated rings. The summed E-state index contributed by atoms with van der Waals surface area (Å²) in [5, 5.41) is 2.91. The van der Waals surface area contributed by atoms with Gasteiger partial charge in [0, 0.05) is 13.6 Å². The van der Waals surface area contributed by atoms with E-state index >= 15 is 0 Å². The summed E-state index contributed by atoms with van der Waals surface area (Å²) >= 11 is 4.03. The van der Waals surface area contributed by atoms with E-state index in [0.717, 1.165) is 18.7 Å². The van der Waals surface area contributed by atoms with Gasteiger partial charge in [-0.3, -0.25) is 4.99 Å². The number of nitrogens with one attached hydrogen (secondary N) is 1. The summed E-state index contributed by atoms with van der Waals surface area (Å²) in [4.78, 5) is 3.72. The van der Waals surface area contributed by atoms with Crippen molar-refractivity contribution in [3.8, 4) is 0 Å². The van der Waals surface area contributed by atoms with E-state index in [1.807, 2.05) is 0 Å². The van der Waals surface area contributed by atoms with Crippen LogP contribution in [0, 0.1) is 0 Å². The minimum absolute atomic E-state index is 0.497. The van der Waals surface area contributed by atoms with Crippen LogP contribution >= 0.6 is 12.6 Å². The van der Waals surface area contributed by atoms with Gasteiger partial charge in [-0.25, -0.2) is 0 Å². The Balaban J connectivity index is 3.07. The molecule has 0 rings (SSSR count). The van der Waals surface area contributed by atoms with Crippen molar-refractivity contribution in [3.63, 3.8) is 0 Å². The Morgan fingerprint density at radius 2 is 2.44 bits per heavy atom. The predicted octanol–water partition coefficient (Wildman–Crippen LogP) is -0.160. The molecule has 0 heterocycles. The molecule has 4 heteroatoms. The van der Waals surface area contributed by atoms with Crippen molar-refractivity contribution in [2.75, 3.05) is 19.3 Å². The quantitative estimate of drug-likeness (QED) is 0.225. The fourth-order valence-electron chi connectivity index (χ4n) is 0.375. The molecule has 3 nitrogen and oxygen atoms in total. The summed E-state index contributed by atoms with van der Waals surface area (Å²) in [5.41, 5.74) is 5.33. The smallest absolute Gasteiger partial charge is 0.188 e. The fraction of sp³-hybridized carbons (Fsp3) is 0.800. The number of nitrogens with two attached hydrogens (primary N) is 1. The maximum absolute atomic E-state index is 5.33. The van der Waals surface area contributed by atoms with Crippen LogP contribution in [0.2, 0.25) is 0 Å². The van der Waals surface area contributed by atoms with Crippen molar-refractivity contribution in [2.24, 2.45) is 10.7 Å². The number of thiol groups is 1. The van der Waals surface area contributed by atoms with Crippen LogP contribution in [0.15, 0.2) is 4.99 Å². The molecular formula is C5H13N3S. The van der Waals surface area contributed by atoms with E-state index in [4.69, 9.17) is 5.73 Å². The highest BCUT2D eigenvalue weighted by Crippen LogP contribution is 1.78. The molecule has 54 valence electrons. The first-order valence-electron chi connectivity index (χ1n) is 2.88. The molecule has 0 bridgehead atoms. The molecular weight excluding hydrogens is 134 g/mol. The van der Waals surface area contributed by atoms with E-state index in [9.17, 15) is 0 Å².